The van der Waals surface area contributed by atoms with Crippen molar-refractivity contribution in [2.24, 2.45) is 34.5 Å². The molecule has 116 valence electrons. The van der Waals surface area contributed by atoms with Crippen molar-refractivity contribution in [1.29, 1.82) is 0 Å². The number of allylic oxidation sites excluding steroid dienone is 4. The Kier molecular flexibility index (Phi) is 2.55. The second-order valence-corrected chi connectivity index (χ2v) is 6.68. The van der Waals surface area contributed by atoms with Crippen molar-refractivity contribution in [1.82, 2.24) is 0 Å². The molecule has 0 spiro atoms. The zero-order valence-corrected chi connectivity index (χ0v) is 12.6. The van der Waals surface area contributed by atoms with Gasteiger partial charge in [0.1, 0.15) is 0 Å². The number of hydrogen-bond acceptors (Lipinski definition) is 5. The summed E-state index contributed by atoms with van der Waals surface area (Å²) in [5.41, 5.74) is -1.44. The molecule has 5 rings (SSSR count). The van der Waals surface area contributed by atoms with Crippen molar-refractivity contribution in [3.05, 3.63) is 24.3 Å². The average molecular weight is 302 g/mol. The first-order chi connectivity index (χ1) is 10.6. The fourth-order valence-corrected chi connectivity index (χ4v) is 5.83. The van der Waals surface area contributed by atoms with Crippen LogP contribution in [-0.2, 0) is 23.9 Å². The number of rotatable bonds is 2. The zero-order chi connectivity index (χ0) is 15.7. The summed E-state index contributed by atoms with van der Waals surface area (Å²) in [4.78, 5) is 37.6. The van der Waals surface area contributed by atoms with Gasteiger partial charge in [0, 0.05) is 5.41 Å². The summed E-state index contributed by atoms with van der Waals surface area (Å²) in [6, 6.07) is 0. The highest BCUT2D eigenvalue weighted by molar-refractivity contribution is 6.07. The second kappa shape index (κ2) is 4.09. The summed E-state index contributed by atoms with van der Waals surface area (Å²) in [5.74, 6) is -2.23. The largest absolute Gasteiger partial charge is 0.469 e. The predicted molar refractivity (Wildman–Crippen MR) is 75.4 cm³/mol. The zero-order valence-electron chi connectivity index (χ0n) is 12.6. The van der Waals surface area contributed by atoms with Gasteiger partial charge in [0.05, 0.1) is 31.5 Å². The summed E-state index contributed by atoms with van der Waals surface area (Å²) >= 11 is 0. The SMILES string of the molecule is COC(=O)C1C(C(=O)OC)C23C(=O)C=CC12C1C=CC3CC1. The summed E-state index contributed by atoms with van der Waals surface area (Å²) in [7, 11) is 2.63. The minimum atomic E-state index is -0.837. The van der Waals surface area contributed by atoms with Crippen LogP contribution in [0.4, 0.5) is 0 Å². The fraction of sp³-hybridized carbons (Fsp3) is 0.588. The lowest BCUT2D eigenvalue weighted by atomic mass is 9.28. The van der Waals surface area contributed by atoms with Crippen LogP contribution in [0, 0.1) is 34.5 Å². The van der Waals surface area contributed by atoms with Crippen LogP contribution in [0.2, 0.25) is 0 Å². The van der Waals surface area contributed by atoms with E-state index in [0.29, 0.717) is 0 Å². The number of carbonyl (C=O) groups is 3. The van der Waals surface area contributed by atoms with Crippen LogP contribution >= 0.6 is 0 Å². The van der Waals surface area contributed by atoms with E-state index in [9.17, 15) is 14.4 Å². The van der Waals surface area contributed by atoms with Crippen LogP contribution in [0.15, 0.2) is 24.3 Å². The van der Waals surface area contributed by atoms with Crippen molar-refractivity contribution >= 4 is 17.7 Å². The van der Waals surface area contributed by atoms with Gasteiger partial charge < -0.3 is 9.47 Å². The third-order valence-electron chi connectivity index (χ3n) is 6.45. The van der Waals surface area contributed by atoms with Gasteiger partial charge in [-0.05, 0) is 30.8 Å². The molecular formula is C17H18O5. The molecule has 0 aromatic heterocycles. The van der Waals surface area contributed by atoms with Gasteiger partial charge in [0.15, 0.2) is 5.78 Å². The van der Waals surface area contributed by atoms with Crippen LogP contribution in [0.25, 0.3) is 0 Å². The third-order valence-corrected chi connectivity index (χ3v) is 6.45. The fourth-order valence-electron chi connectivity index (χ4n) is 5.83. The Morgan fingerprint density at radius 1 is 1.05 bits per heavy atom. The Morgan fingerprint density at radius 2 is 1.64 bits per heavy atom. The standard InChI is InChI=1S/C17H18O5/c1-21-14(19)12-13(15(20)22-2)17-10-5-3-9(4-6-10)16(12,17)8-7-11(17)18/h3,5,7-10,12-13H,4,6H2,1-2H3. The first-order valence-electron chi connectivity index (χ1n) is 7.63. The maximum atomic E-state index is 12.8. The lowest BCUT2D eigenvalue weighted by Gasteiger charge is -2.71. The molecule has 2 saturated carbocycles. The first kappa shape index (κ1) is 13.7. The number of methoxy groups -OCH3 is 2. The molecule has 0 saturated heterocycles. The minimum Gasteiger partial charge on any atom is -0.469 e. The molecule has 0 amide bonds. The van der Waals surface area contributed by atoms with Gasteiger partial charge in [-0.15, -0.1) is 0 Å². The molecule has 22 heavy (non-hydrogen) atoms. The highest BCUT2D eigenvalue weighted by Crippen LogP contribution is 2.79. The number of fused-ring (bicyclic) bond motifs is 1. The van der Waals surface area contributed by atoms with E-state index in [1.54, 1.807) is 6.08 Å². The Balaban J connectivity index is 1.94. The Bertz CT molecular complexity index is 647. The first-order valence-corrected chi connectivity index (χ1v) is 7.63. The number of ketones is 1. The molecule has 5 nitrogen and oxygen atoms in total. The summed E-state index contributed by atoms with van der Waals surface area (Å²) in [6.45, 7) is 0. The van der Waals surface area contributed by atoms with Gasteiger partial charge in [0.25, 0.3) is 0 Å². The molecule has 6 unspecified atom stereocenters. The van der Waals surface area contributed by atoms with E-state index in [0.717, 1.165) is 12.8 Å². The van der Waals surface area contributed by atoms with Gasteiger partial charge >= 0.3 is 11.9 Å². The molecule has 5 aliphatic rings. The second-order valence-electron chi connectivity index (χ2n) is 6.68. The molecule has 0 aromatic rings. The summed E-state index contributed by atoms with van der Waals surface area (Å²) in [5, 5.41) is 0. The molecule has 0 heterocycles. The smallest absolute Gasteiger partial charge is 0.310 e. The van der Waals surface area contributed by atoms with Crippen molar-refractivity contribution in [3.8, 4) is 0 Å². The minimum absolute atomic E-state index is 0.00925. The van der Waals surface area contributed by atoms with Gasteiger partial charge in [-0.1, -0.05) is 18.2 Å². The number of ether oxygens (including phenoxy) is 2. The van der Waals surface area contributed by atoms with E-state index < -0.39 is 34.6 Å². The Hall–Kier alpha value is -1.91. The molecule has 0 radical (unpaired) electrons. The molecule has 0 aliphatic heterocycles. The van der Waals surface area contributed by atoms with Crippen LogP contribution in [-0.4, -0.2) is 31.9 Å². The van der Waals surface area contributed by atoms with Gasteiger partial charge in [-0.25, -0.2) is 0 Å². The maximum Gasteiger partial charge on any atom is 0.310 e. The number of hydrogen-bond donors (Lipinski definition) is 0. The Labute approximate surface area is 128 Å². The van der Waals surface area contributed by atoms with Crippen molar-refractivity contribution < 1.29 is 23.9 Å². The third kappa shape index (κ3) is 1.11. The van der Waals surface area contributed by atoms with E-state index in [2.05, 4.69) is 12.2 Å². The predicted octanol–water partition coefficient (Wildman–Crippen LogP) is 1.29. The van der Waals surface area contributed by atoms with E-state index in [4.69, 9.17) is 9.47 Å². The summed E-state index contributed by atoms with van der Waals surface area (Å²) < 4.78 is 9.89. The van der Waals surface area contributed by atoms with Crippen LogP contribution in [0.3, 0.4) is 0 Å². The van der Waals surface area contributed by atoms with E-state index in [1.165, 1.54) is 14.2 Å². The van der Waals surface area contributed by atoms with Crippen LogP contribution in [0.1, 0.15) is 12.8 Å². The molecule has 2 fully saturated rings. The van der Waals surface area contributed by atoms with Crippen molar-refractivity contribution in [3.63, 3.8) is 0 Å². The molecule has 6 atom stereocenters. The highest BCUT2D eigenvalue weighted by Gasteiger charge is 2.85. The average Bonchev–Trinajstić information content (AvgIpc) is 2.81. The van der Waals surface area contributed by atoms with Gasteiger partial charge in [0.2, 0.25) is 0 Å². The maximum absolute atomic E-state index is 12.8. The number of carbonyl (C=O) groups excluding carboxylic acids is 3. The van der Waals surface area contributed by atoms with Gasteiger partial charge in [-0.3, -0.25) is 14.4 Å². The quantitative estimate of drug-likeness (QED) is 0.568. The van der Waals surface area contributed by atoms with E-state index in [-0.39, 0.29) is 17.6 Å². The normalized spacial score (nSPS) is 46.7. The molecule has 0 N–H and O–H groups in total. The number of esters is 2. The Morgan fingerprint density at radius 3 is 2.23 bits per heavy atom. The van der Waals surface area contributed by atoms with E-state index in [1.807, 2.05) is 6.08 Å². The monoisotopic (exact) mass is 302 g/mol. The van der Waals surface area contributed by atoms with Crippen LogP contribution < -0.4 is 0 Å². The van der Waals surface area contributed by atoms with Crippen LogP contribution in [0.5, 0.6) is 0 Å². The van der Waals surface area contributed by atoms with Crippen molar-refractivity contribution in [2.45, 2.75) is 12.8 Å². The lowest BCUT2D eigenvalue weighted by molar-refractivity contribution is -0.242. The lowest BCUT2D eigenvalue weighted by Crippen LogP contribution is -2.77. The highest BCUT2D eigenvalue weighted by atomic mass is 16.5. The molecular weight excluding hydrogens is 284 g/mol. The molecule has 2 bridgehead atoms. The molecule has 5 aliphatic carbocycles. The van der Waals surface area contributed by atoms with E-state index >= 15 is 0 Å². The van der Waals surface area contributed by atoms with Gasteiger partial charge in [-0.2, -0.15) is 0 Å². The van der Waals surface area contributed by atoms with Crippen molar-refractivity contribution in [2.75, 3.05) is 14.2 Å². The molecule has 5 heteroatoms. The molecule has 0 aromatic carbocycles. The summed E-state index contributed by atoms with van der Waals surface area (Å²) in [6.07, 6.45) is 9.41. The topological polar surface area (TPSA) is 69.7 Å².